The molecule has 0 aromatic carbocycles. The van der Waals surface area contributed by atoms with Gasteiger partial charge in [-0.25, -0.2) is 0 Å². The molecule has 3 heteroatoms. The summed E-state index contributed by atoms with van der Waals surface area (Å²) in [5, 5.41) is 0. The molecule has 0 heterocycles. The zero-order chi connectivity index (χ0) is 11.9. The Morgan fingerprint density at radius 1 is 1.38 bits per heavy atom. The molecule has 0 aromatic rings. The number of Topliss-reactive ketones (excluding diaryl/α,β-unsaturated/α-hetero) is 1. The predicted octanol–water partition coefficient (Wildman–Crippen LogP) is 1.95. The summed E-state index contributed by atoms with van der Waals surface area (Å²) in [6.45, 7) is 3.67. The normalized spacial score (nSPS) is 29.1. The van der Waals surface area contributed by atoms with Gasteiger partial charge in [-0.05, 0) is 25.8 Å². The molecule has 0 radical (unpaired) electrons. The van der Waals surface area contributed by atoms with Gasteiger partial charge < -0.3 is 4.74 Å². The molecule has 1 atom stereocenters. The number of hydrogen-bond acceptors (Lipinski definition) is 3. The number of methoxy groups -OCH3 is 1. The Hall–Kier alpha value is -1.64. The molecule has 0 N–H and O–H groups in total. The first-order valence-corrected chi connectivity index (χ1v) is 5.23. The maximum Gasteiger partial charge on any atom is 0.224 e. The van der Waals surface area contributed by atoms with E-state index in [1.807, 2.05) is 26.0 Å². The van der Waals surface area contributed by atoms with Crippen molar-refractivity contribution in [3.05, 3.63) is 35.1 Å². The van der Waals surface area contributed by atoms with Crippen molar-refractivity contribution in [2.24, 2.45) is 5.41 Å². The quantitative estimate of drug-likeness (QED) is 0.675. The van der Waals surface area contributed by atoms with Gasteiger partial charge in [-0.2, -0.15) is 0 Å². The first-order valence-electron chi connectivity index (χ1n) is 5.23. The molecule has 0 amide bonds. The summed E-state index contributed by atoms with van der Waals surface area (Å²) in [6, 6.07) is 0. The van der Waals surface area contributed by atoms with E-state index in [0.29, 0.717) is 12.0 Å². The first-order chi connectivity index (χ1) is 7.50. The van der Waals surface area contributed by atoms with Crippen LogP contribution in [0.5, 0.6) is 0 Å². The van der Waals surface area contributed by atoms with Crippen molar-refractivity contribution in [3.8, 4) is 0 Å². The van der Waals surface area contributed by atoms with Crippen molar-refractivity contribution in [2.45, 2.75) is 20.3 Å². The fourth-order valence-corrected chi connectivity index (χ4v) is 2.36. The largest absolute Gasteiger partial charge is 0.493 e. The number of carbonyl (C=O) groups excluding carboxylic acids is 2. The van der Waals surface area contributed by atoms with E-state index >= 15 is 0 Å². The summed E-state index contributed by atoms with van der Waals surface area (Å²) < 4.78 is 4.95. The van der Waals surface area contributed by atoms with Gasteiger partial charge in [0.1, 0.15) is 0 Å². The van der Waals surface area contributed by atoms with E-state index in [2.05, 4.69) is 0 Å². The molecule has 84 valence electrons. The van der Waals surface area contributed by atoms with Crippen LogP contribution in [0.15, 0.2) is 35.1 Å². The molecule has 3 nitrogen and oxygen atoms in total. The van der Waals surface area contributed by atoms with Crippen LogP contribution in [0.25, 0.3) is 0 Å². The van der Waals surface area contributed by atoms with Crippen LogP contribution in [-0.2, 0) is 14.3 Å². The third kappa shape index (κ3) is 1.28. The molecule has 2 aliphatic rings. The number of ketones is 2. The number of fused-ring (bicyclic) bond motifs is 1. The van der Waals surface area contributed by atoms with Gasteiger partial charge in [0.25, 0.3) is 0 Å². The molecule has 0 aliphatic heterocycles. The highest BCUT2D eigenvalue weighted by Gasteiger charge is 2.45. The van der Waals surface area contributed by atoms with Crippen LogP contribution < -0.4 is 0 Å². The van der Waals surface area contributed by atoms with Crippen molar-refractivity contribution in [2.75, 3.05) is 7.11 Å². The van der Waals surface area contributed by atoms with Gasteiger partial charge in [-0.3, -0.25) is 9.59 Å². The minimum absolute atomic E-state index is 0.0531. The topological polar surface area (TPSA) is 43.4 Å². The Morgan fingerprint density at radius 2 is 2.06 bits per heavy atom. The van der Waals surface area contributed by atoms with E-state index in [4.69, 9.17) is 4.74 Å². The standard InChI is InChI=1S/C13H14O3/c1-8-5-4-6-13(2)10(14)7-9(16-3)12(15)11(8)13/h4-5,7H,6H2,1-3H3/t13-/m0/s1. The fraction of sp³-hybridized carbons (Fsp3) is 0.385. The molecular weight excluding hydrogens is 204 g/mol. The lowest BCUT2D eigenvalue weighted by atomic mass is 9.66. The molecule has 2 rings (SSSR count). The minimum atomic E-state index is -0.696. The molecule has 0 unspecified atom stereocenters. The molecule has 2 aliphatic carbocycles. The summed E-state index contributed by atoms with van der Waals surface area (Å²) in [4.78, 5) is 24.1. The second kappa shape index (κ2) is 3.44. The lowest BCUT2D eigenvalue weighted by Gasteiger charge is -2.34. The third-order valence-corrected chi connectivity index (χ3v) is 3.32. The van der Waals surface area contributed by atoms with Gasteiger partial charge in [-0.1, -0.05) is 12.2 Å². The molecule has 0 saturated carbocycles. The van der Waals surface area contributed by atoms with E-state index in [9.17, 15) is 9.59 Å². The van der Waals surface area contributed by atoms with Crippen LogP contribution >= 0.6 is 0 Å². The molecule has 0 spiro atoms. The summed E-state index contributed by atoms with van der Waals surface area (Å²) >= 11 is 0. The maximum absolute atomic E-state index is 12.1. The van der Waals surface area contributed by atoms with Gasteiger partial charge in [0.05, 0.1) is 12.5 Å². The van der Waals surface area contributed by atoms with Crippen molar-refractivity contribution >= 4 is 11.6 Å². The monoisotopic (exact) mass is 218 g/mol. The van der Waals surface area contributed by atoms with Crippen LogP contribution in [0.2, 0.25) is 0 Å². The summed E-state index contributed by atoms with van der Waals surface area (Å²) in [7, 11) is 1.41. The number of hydrogen-bond donors (Lipinski definition) is 0. The molecule has 0 fully saturated rings. The van der Waals surface area contributed by atoms with Crippen LogP contribution in [-0.4, -0.2) is 18.7 Å². The number of allylic oxidation sites excluding steroid dienone is 5. The average molecular weight is 218 g/mol. The average Bonchev–Trinajstić information content (AvgIpc) is 2.23. The molecular formula is C13H14O3. The van der Waals surface area contributed by atoms with Gasteiger partial charge in [0, 0.05) is 11.6 Å². The summed E-state index contributed by atoms with van der Waals surface area (Å²) in [6.07, 6.45) is 5.73. The second-order valence-corrected chi connectivity index (χ2v) is 4.40. The highest BCUT2D eigenvalue weighted by molar-refractivity contribution is 6.20. The van der Waals surface area contributed by atoms with Crippen LogP contribution in [0.3, 0.4) is 0 Å². The predicted molar refractivity (Wildman–Crippen MR) is 59.7 cm³/mol. The minimum Gasteiger partial charge on any atom is -0.493 e. The van der Waals surface area contributed by atoms with Gasteiger partial charge in [0.2, 0.25) is 5.78 Å². The third-order valence-electron chi connectivity index (χ3n) is 3.32. The Bertz CT molecular complexity index is 466. The van der Waals surface area contributed by atoms with Crippen molar-refractivity contribution in [1.82, 2.24) is 0 Å². The van der Waals surface area contributed by atoms with Crippen LogP contribution in [0.4, 0.5) is 0 Å². The second-order valence-electron chi connectivity index (χ2n) is 4.40. The van der Waals surface area contributed by atoms with Gasteiger partial charge >= 0.3 is 0 Å². The Kier molecular flexibility index (Phi) is 2.34. The highest BCUT2D eigenvalue weighted by Crippen LogP contribution is 2.43. The zero-order valence-corrected chi connectivity index (χ0v) is 9.66. The van der Waals surface area contributed by atoms with Crippen molar-refractivity contribution in [1.29, 1.82) is 0 Å². The lowest BCUT2D eigenvalue weighted by molar-refractivity contribution is -0.127. The number of rotatable bonds is 1. The smallest absolute Gasteiger partial charge is 0.224 e. The molecule has 0 saturated heterocycles. The Morgan fingerprint density at radius 3 is 2.69 bits per heavy atom. The maximum atomic E-state index is 12.1. The molecule has 0 aromatic heterocycles. The van der Waals surface area contributed by atoms with Crippen molar-refractivity contribution in [3.63, 3.8) is 0 Å². The van der Waals surface area contributed by atoms with E-state index in [0.717, 1.165) is 5.57 Å². The Labute approximate surface area is 94.5 Å². The zero-order valence-electron chi connectivity index (χ0n) is 9.66. The highest BCUT2D eigenvalue weighted by atomic mass is 16.5. The van der Waals surface area contributed by atoms with E-state index in [-0.39, 0.29) is 17.3 Å². The van der Waals surface area contributed by atoms with E-state index in [1.54, 1.807) is 0 Å². The molecule has 0 bridgehead atoms. The SMILES string of the molecule is COC1=CC(=O)[C@]2(C)CC=CC(C)=C2C1=O. The van der Waals surface area contributed by atoms with Crippen LogP contribution in [0, 0.1) is 5.41 Å². The summed E-state index contributed by atoms with van der Waals surface area (Å²) in [5.41, 5.74) is 0.743. The van der Waals surface area contributed by atoms with E-state index in [1.165, 1.54) is 13.2 Å². The number of carbonyl (C=O) groups is 2. The Balaban J connectivity index is 2.65. The van der Waals surface area contributed by atoms with Gasteiger partial charge in [-0.15, -0.1) is 0 Å². The summed E-state index contributed by atoms with van der Waals surface area (Å²) in [5.74, 6) is -0.0683. The van der Waals surface area contributed by atoms with E-state index < -0.39 is 5.41 Å². The molecule has 16 heavy (non-hydrogen) atoms. The lowest BCUT2D eigenvalue weighted by Crippen LogP contribution is -2.39. The van der Waals surface area contributed by atoms with Crippen LogP contribution in [0.1, 0.15) is 20.3 Å². The van der Waals surface area contributed by atoms with Gasteiger partial charge in [0.15, 0.2) is 11.5 Å². The number of ether oxygens (including phenoxy) is 1. The first kappa shape index (κ1) is 10.9. The van der Waals surface area contributed by atoms with Crippen molar-refractivity contribution < 1.29 is 14.3 Å². The fourth-order valence-electron chi connectivity index (χ4n) is 2.36.